The molecule has 2 aromatic heterocycles. The SMILES string of the molecule is CC(C)N(CC(F)(F)F)c1nc(N)cn2ccnc12. The zero-order valence-corrected chi connectivity index (χ0v) is 10.5. The van der Waals surface area contributed by atoms with Gasteiger partial charge < -0.3 is 15.0 Å². The summed E-state index contributed by atoms with van der Waals surface area (Å²) in [4.78, 5) is 9.17. The van der Waals surface area contributed by atoms with Gasteiger partial charge in [0.2, 0.25) is 0 Å². The Balaban J connectivity index is 2.52. The number of anilines is 2. The van der Waals surface area contributed by atoms with Crippen molar-refractivity contribution in [2.45, 2.75) is 26.1 Å². The van der Waals surface area contributed by atoms with Crippen LogP contribution in [0.15, 0.2) is 18.6 Å². The van der Waals surface area contributed by atoms with E-state index in [0.717, 1.165) is 4.90 Å². The Morgan fingerprint density at radius 1 is 1.42 bits per heavy atom. The standard InChI is InChI=1S/C11H14F3N5/c1-7(2)19(6-11(12,13)14)10-9-16-3-4-18(9)5-8(15)17-10/h3-5,7H,6,15H2,1-2H3. The average Bonchev–Trinajstić information content (AvgIpc) is 2.71. The second-order valence-corrected chi connectivity index (χ2v) is 4.48. The molecule has 0 fully saturated rings. The Morgan fingerprint density at radius 2 is 2.11 bits per heavy atom. The van der Waals surface area contributed by atoms with Crippen molar-refractivity contribution < 1.29 is 13.2 Å². The van der Waals surface area contributed by atoms with Crippen molar-refractivity contribution in [1.29, 1.82) is 0 Å². The van der Waals surface area contributed by atoms with E-state index in [1.54, 1.807) is 24.4 Å². The van der Waals surface area contributed by atoms with Crippen molar-refractivity contribution in [2.24, 2.45) is 0 Å². The Labute approximate surface area is 107 Å². The lowest BCUT2D eigenvalue weighted by Gasteiger charge is -2.29. The minimum atomic E-state index is -4.32. The van der Waals surface area contributed by atoms with Gasteiger partial charge >= 0.3 is 6.18 Å². The number of imidazole rings is 1. The van der Waals surface area contributed by atoms with E-state index < -0.39 is 12.7 Å². The summed E-state index contributed by atoms with van der Waals surface area (Å²) in [7, 11) is 0. The number of hydrogen-bond acceptors (Lipinski definition) is 4. The van der Waals surface area contributed by atoms with Crippen LogP contribution in [0.5, 0.6) is 0 Å². The van der Waals surface area contributed by atoms with Gasteiger partial charge in [-0.05, 0) is 13.8 Å². The van der Waals surface area contributed by atoms with Crippen molar-refractivity contribution in [2.75, 3.05) is 17.2 Å². The third-order valence-corrected chi connectivity index (χ3v) is 2.62. The summed E-state index contributed by atoms with van der Waals surface area (Å²) in [5, 5.41) is 0. The van der Waals surface area contributed by atoms with Crippen LogP contribution in [0.2, 0.25) is 0 Å². The van der Waals surface area contributed by atoms with Gasteiger partial charge in [0.1, 0.15) is 12.4 Å². The van der Waals surface area contributed by atoms with E-state index in [1.807, 2.05) is 0 Å². The molecular formula is C11H14F3N5. The molecule has 8 heteroatoms. The summed E-state index contributed by atoms with van der Waals surface area (Å²) in [6.45, 7) is 2.23. The van der Waals surface area contributed by atoms with Gasteiger partial charge in [0.05, 0.1) is 6.20 Å². The van der Waals surface area contributed by atoms with Crippen LogP contribution >= 0.6 is 0 Å². The first kappa shape index (κ1) is 13.4. The first-order valence-electron chi connectivity index (χ1n) is 5.70. The monoisotopic (exact) mass is 273 g/mol. The molecule has 0 aliphatic rings. The zero-order valence-electron chi connectivity index (χ0n) is 10.5. The van der Waals surface area contributed by atoms with Gasteiger partial charge in [-0.2, -0.15) is 13.2 Å². The average molecular weight is 273 g/mol. The summed E-state index contributed by atoms with van der Waals surface area (Å²) < 4.78 is 39.5. The number of fused-ring (bicyclic) bond motifs is 1. The second kappa shape index (κ2) is 4.60. The van der Waals surface area contributed by atoms with Crippen LogP contribution in [-0.4, -0.2) is 33.1 Å². The van der Waals surface area contributed by atoms with Crippen LogP contribution in [0, 0.1) is 0 Å². The number of nitrogens with zero attached hydrogens (tertiary/aromatic N) is 4. The van der Waals surface area contributed by atoms with E-state index in [4.69, 9.17) is 5.73 Å². The van der Waals surface area contributed by atoms with Crippen LogP contribution < -0.4 is 10.6 Å². The fourth-order valence-corrected chi connectivity index (χ4v) is 1.82. The molecular weight excluding hydrogens is 259 g/mol. The number of hydrogen-bond donors (Lipinski definition) is 1. The van der Waals surface area contributed by atoms with Crippen LogP contribution in [0.25, 0.3) is 5.65 Å². The molecule has 0 amide bonds. The summed E-state index contributed by atoms with van der Waals surface area (Å²) in [6.07, 6.45) is 0.299. The molecule has 104 valence electrons. The van der Waals surface area contributed by atoms with Gasteiger partial charge in [-0.3, -0.25) is 0 Å². The Morgan fingerprint density at radius 3 is 2.68 bits per heavy atom. The lowest BCUT2D eigenvalue weighted by Crippen LogP contribution is -2.40. The molecule has 2 N–H and O–H groups in total. The quantitative estimate of drug-likeness (QED) is 0.930. The third kappa shape index (κ3) is 2.88. The fourth-order valence-electron chi connectivity index (χ4n) is 1.82. The summed E-state index contributed by atoms with van der Waals surface area (Å²) in [5.41, 5.74) is 5.97. The zero-order chi connectivity index (χ0) is 14.2. The lowest BCUT2D eigenvalue weighted by molar-refractivity contribution is -0.120. The third-order valence-electron chi connectivity index (χ3n) is 2.62. The Hall–Kier alpha value is -1.99. The molecule has 0 saturated carbocycles. The van der Waals surface area contributed by atoms with E-state index >= 15 is 0 Å². The van der Waals surface area contributed by atoms with Crippen molar-refractivity contribution in [1.82, 2.24) is 14.4 Å². The van der Waals surface area contributed by atoms with Crippen LogP contribution in [0.3, 0.4) is 0 Å². The van der Waals surface area contributed by atoms with Crippen LogP contribution in [0.1, 0.15) is 13.8 Å². The van der Waals surface area contributed by atoms with Crippen molar-refractivity contribution in [3.8, 4) is 0 Å². The minimum absolute atomic E-state index is 0.136. The lowest BCUT2D eigenvalue weighted by atomic mass is 10.3. The van der Waals surface area contributed by atoms with Gasteiger partial charge in [0, 0.05) is 18.4 Å². The largest absolute Gasteiger partial charge is 0.405 e. The second-order valence-electron chi connectivity index (χ2n) is 4.48. The number of nitrogen functional groups attached to an aromatic ring is 1. The maximum Gasteiger partial charge on any atom is 0.405 e. The first-order valence-corrected chi connectivity index (χ1v) is 5.70. The van der Waals surface area contributed by atoms with Gasteiger partial charge in [0.25, 0.3) is 0 Å². The molecule has 2 heterocycles. The normalized spacial score (nSPS) is 12.3. The molecule has 0 saturated heterocycles. The van der Waals surface area contributed by atoms with Crippen LogP contribution in [0.4, 0.5) is 24.8 Å². The van der Waals surface area contributed by atoms with E-state index in [1.165, 1.54) is 12.4 Å². The topological polar surface area (TPSA) is 59.5 Å². The summed E-state index contributed by atoms with van der Waals surface area (Å²) >= 11 is 0. The number of rotatable bonds is 3. The highest BCUT2D eigenvalue weighted by molar-refractivity contribution is 5.66. The van der Waals surface area contributed by atoms with Crippen LogP contribution in [-0.2, 0) is 0 Å². The summed E-state index contributed by atoms with van der Waals surface area (Å²) in [5.74, 6) is 0.283. The molecule has 0 unspecified atom stereocenters. The smallest absolute Gasteiger partial charge is 0.382 e. The molecule has 0 aromatic carbocycles. The molecule has 0 radical (unpaired) electrons. The molecule has 5 nitrogen and oxygen atoms in total. The molecule has 19 heavy (non-hydrogen) atoms. The molecule has 2 aromatic rings. The number of aromatic nitrogens is 3. The van der Waals surface area contributed by atoms with E-state index in [2.05, 4.69) is 9.97 Å². The first-order chi connectivity index (χ1) is 8.78. The van der Waals surface area contributed by atoms with E-state index in [-0.39, 0.29) is 17.7 Å². The van der Waals surface area contributed by atoms with Gasteiger partial charge in [-0.15, -0.1) is 0 Å². The molecule has 0 spiro atoms. The fraction of sp³-hybridized carbons (Fsp3) is 0.455. The molecule has 0 bridgehead atoms. The molecule has 0 aliphatic heterocycles. The van der Waals surface area contributed by atoms with Crippen molar-refractivity contribution in [3.05, 3.63) is 18.6 Å². The van der Waals surface area contributed by atoms with Crippen molar-refractivity contribution in [3.63, 3.8) is 0 Å². The molecule has 2 rings (SSSR count). The number of alkyl halides is 3. The van der Waals surface area contributed by atoms with E-state index in [9.17, 15) is 13.2 Å². The number of nitrogens with two attached hydrogens (primary N) is 1. The highest BCUT2D eigenvalue weighted by Crippen LogP contribution is 2.26. The highest BCUT2D eigenvalue weighted by atomic mass is 19.4. The van der Waals surface area contributed by atoms with E-state index in [0.29, 0.717) is 5.65 Å². The minimum Gasteiger partial charge on any atom is -0.382 e. The summed E-state index contributed by atoms with van der Waals surface area (Å²) in [6, 6.07) is -0.378. The van der Waals surface area contributed by atoms with Gasteiger partial charge in [-0.25, -0.2) is 9.97 Å². The number of halogens is 3. The Kier molecular flexibility index (Phi) is 3.25. The predicted molar refractivity (Wildman–Crippen MR) is 65.9 cm³/mol. The van der Waals surface area contributed by atoms with Crippen molar-refractivity contribution >= 4 is 17.3 Å². The molecule has 0 aliphatic carbocycles. The van der Waals surface area contributed by atoms with Gasteiger partial charge in [0.15, 0.2) is 11.5 Å². The highest BCUT2D eigenvalue weighted by Gasteiger charge is 2.33. The maximum atomic E-state index is 12.7. The predicted octanol–water partition coefficient (Wildman–Crippen LogP) is 2.09. The maximum absolute atomic E-state index is 12.7. The Bertz CT molecular complexity index is 575. The molecule has 0 atom stereocenters. The van der Waals surface area contributed by atoms with Gasteiger partial charge in [-0.1, -0.05) is 0 Å².